The lowest BCUT2D eigenvalue weighted by atomic mass is 10.2. The fourth-order valence-corrected chi connectivity index (χ4v) is 2.28. The van der Waals surface area contributed by atoms with Crippen molar-refractivity contribution in [3.05, 3.63) is 52.8 Å². The Morgan fingerprint density at radius 2 is 1.87 bits per heavy atom. The summed E-state index contributed by atoms with van der Waals surface area (Å²) in [6, 6.07) is 11.4. The molecule has 1 atom stereocenters. The zero-order valence-corrected chi connectivity index (χ0v) is 14.4. The highest BCUT2D eigenvalue weighted by Gasteiger charge is 2.19. The molecule has 1 amide bonds. The van der Waals surface area contributed by atoms with Crippen LogP contribution >= 0.6 is 15.9 Å². The van der Waals surface area contributed by atoms with Gasteiger partial charge in [-0.25, -0.2) is 4.39 Å². The lowest BCUT2D eigenvalue weighted by molar-refractivity contribution is -0.122. The predicted molar refractivity (Wildman–Crippen MR) is 90.4 cm³/mol. The molecule has 2 aromatic carbocycles. The summed E-state index contributed by atoms with van der Waals surface area (Å²) in [5.41, 5.74) is 0.120. The highest BCUT2D eigenvalue weighted by molar-refractivity contribution is 9.10. The Labute approximate surface area is 142 Å². The van der Waals surface area contributed by atoms with E-state index in [4.69, 9.17) is 9.47 Å². The van der Waals surface area contributed by atoms with Crippen molar-refractivity contribution in [1.82, 2.24) is 0 Å². The third-order valence-electron chi connectivity index (χ3n) is 3.19. The summed E-state index contributed by atoms with van der Waals surface area (Å²) in [5.74, 6) is 0.340. The van der Waals surface area contributed by atoms with Gasteiger partial charge in [0.05, 0.1) is 12.8 Å². The highest BCUT2D eigenvalue weighted by Crippen LogP contribution is 2.22. The number of carbonyl (C=O) groups excluding carboxylic acids is 1. The maximum Gasteiger partial charge on any atom is 0.265 e. The average molecular weight is 382 g/mol. The van der Waals surface area contributed by atoms with Crippen molar-refractivity contribution in [2.75, 3.05) is 12.4 Å². The quantitative estimate of drug-likeness (QED) is 0.806. The Morgan fingerprint density at radius 1 is 1.22 bits per heavy atom. The Balaban J connectivity index is 2.05. The topological polar surface area (TPSA) is 47.6 Å². The van der Waals surface area contributed by atoms with Gasteiger partial charge >= 0.3 is 0 Å². The van der Waals surface area contributed by atoms with Crippen LogP contribution in [0.2, 0.25) is 0 Å². The van der Waals surface area contributed by atoms with Crippen molar-refractivity contribution in [2.24, 2.45) is 0 Å². The van der Waals surface area contributed by atoms with Gasteiger partial charge in [0.15, 0.2) is 6.10 Å². The van der Waals surface area contributed by atoms with Gasteiger partial charge in [-0.15, -0.1) is 0 Å². The van der Waals surface area contributed by atoms with Crippen LogP contribution in [0.5, 0.6) is 11.5 Å². The lowest BCUT2D eigenvalue weighted by Crippen LogP contribution is -2.32. The summed E-state index contributed by atoms with van der Waals surface area (Å²) in [7, 11) is 1.57. The van der Waals surface area contributed by atoms with Crippen LogP contribution < -0.4 is 14.8 Å². The van der Waals surface area contributed by atoms with Gasteiger partial charge in [-0.3, -0.25) is 4.79 Å². The molecule has 0 fully saturated rings. The van der Waals surface area contributed by atoms with Crippen molar-refractivity contribution < 1.29 is 18.7 Å². The molecule has 0 saturated heterocycles. The van der Waals surface area contributed by atoms with E-state index in [1.54, 1.807) is 37.4 Å². The molecule has 6 heteroatoms. The number of hydrogen-bond acceptors (Lipinski definition) is 3. The number of anilines is 1. The third kappa shape index (κ3) is 4.69. The normalized spacial score (nSPS) is 11.7. The van der Waals surface area contributed by atoms with Gasteiger partial charge in [0.2, 0.25) is 0 Å². The number of hydrogen-bond donors (Lipinski definition) is 1. The van der Waals surface area contributed by atoms with Crippen molar-refractivity contribution in [3.63, 3.8) is 0 Å². The van der Waals surface area contributed by atoms with E-state index in [1.807, 2.05) is 6.92 Å². The smallest absolute Gasteiger partial charge is 0.265 e. The van der Waals surface area contributed by atoms with E-state index in [0.717, 1.165) is 0 Å². The molecule has 0 heterocycles. The summed E-state index contributed by atoms with van der Waals surface area (Å²) < 4.78 is 25.1. The van der Waals surface area contributed by atoms with E-state index in [1.165, 1.54) is 12.1 Å². The van der Waals surface area contributed by atoms with E-state index < -0.39 is 17.8 Å². The maximum absolute atomic E-state index is 13.8. The average Bonchev–Trinajstić information content (AvgIpc) is 2.55. The fourth-order valence-electron chi connectivity index (χ4n) is 1.94. The van der Waals surface area contributed by atoms with E-state index in [2.05, 4.69) is 21.2 Å². The number of ether oxygens (including phenoxy) is 2. The van der Waals surface area contributed by atoms with Crippen molar-refractivity contribution in [2.45, 2.75) is 19.4 Å². The molecule has 0 aliphatic heterocycles. The summed E-state index contributed by atoms with van der Waals surface area (Å²) in [6.45, 7) is 1.83. The SMILES string of the molecule is CC[C@H](Oc1ccc(OC)cc1)C(=O)Nc1ccc(Br)cc1F. The molecule has 1 N–H and O–H groups in total. The van der Waals surface area contributed by atoms with E-state index in [-0.39, 0.29) is 5.69 Å². The fraction of sp³-hybridized carbons (Fsp3) is 0.235. The van der Waals surface area contributed by atoms with Crippen molar-refractivity contribution >= 4 is 27.5 Å². The molecule has 0 spiro atoms. The molecule has 0 unspecified atom stereocenters. The summed E-state index contributed by atoms with van der Waals surface area (Å²) in [4.78, 5) is 12.3. The van der Waals surface area contributed by atoms with Crippen LogP contribution in [-0.2, 0) is 4.79 Å². The van der Waals surface area contributed by atoms with E-state index >= 15 is 0 Å². The van der Waals surface area contributed by atoms with Crippen molar-refractivity contribution in [1.29, 1.82) is 0 Å². The van der Waals surface area contributed by atoms with Gasteiger partial charge in [0.25, 0.3) is 5.91 Å². The molecule has 122 valence electrons. The number of halogens is 2. The minimum atomic E-state index is -0.716. The Bertz CT molecular complexity index is 676. The monoisotopic (exact) mass is 381 g/mol. The summed E-state index contributed by atoms with van der Waals surface area (Å²) >= 11 is 3.17. The molecule has 0 radical (unpaired) electrons. The van der Waals surface area contributed by atoms with Crippen LogP contribution in [0.4, 0.5) is 10.1 Å². The lowest BCUT2D eigenvalue weighted by Gasteiger charge is -2.17. The molecule has 2 aromatic rings. The predicted octanol–water partition coefficient (Wildman–Crippen LogP) is 4.39. The second kappa shape index (κ2) is 7.97. The molecule has 0 aliphatic rings. The molecule has 2 rings (SSSR count). The zero-order chi connectivity index (χ0) is 16.8. The number of methoxy groups -OCH3 is 1. The first-order chi connectivity index (χ1) is 11.0. The first-order valence-corrected chi connectivity index (χ1v) is 7.89. The van der Waals surface area contributed by atoms with Gasteiger partial charge < -0.3 is 14.8 Å². The van der Waals surface area contributed by atoms with Crippen molar-refractivity contribution in [3.8, 4) is 11.5 Å². The largest absolute Gasteiger partial charge is 0.497 e. The second-order valence-electron chi connectivity index (χ2n) is 4.80. The van der Waals surface area contributed by atoms with Gasteiger partial charge in [-0.05, 0) is 48.9 Å². The van der Waals surface area contributed by atoms with E-state index in [9.17, 15) is 9.18 Å². The highest BCUT2D eigenvalue weighted by atomic mass is 79.9. The van der Waals surface area contributed by atoms with E-state index in [0.29, 0.717) is 22.4 Å². The molecule has 23 heavy (non-hydrogen) atoms. The van der Waals surface area contributed by atoms with Crippen LogP contribution in [0.25, 0.3) is 0 Å². The summed E-state index contributed by atoms with van der Waals surface area (Å²) in [6.07, 6.45) is -0.262. The van der Waals surface area contributed by atoms with Crippen LogP contribution in [0.1, 0.15) is 13.3 Å². The first-order valence-electron chi connectivity index (χ1n) is 7.10. The zero-order valence-electron chi connectivity index (χ0n) is 12.8. The molecule has 0 saturated carbocycles. The van der Waals surface area contributed by atoms with Crippen LogP contribution in [0.15, 0.2) is 46.9 Å². The molecule has 4 nitrogen and oxygen atoms in total. The van der Waals surface area contributed by atoms with Crippen LogP contribution in [0.3, 0.4) is 0 Å². The van der Waals surface area contributed by atoms with Gasteiger partial charge in [-0.2, -0.15) is 0 Å². The first kappa shape index (κ1) is 17.3. The minimum Gasteiger partial charge on any atom is -0.497 e. The maximum atomic E-state index is 13.8. The van der Waals surface area contributed by atoms with Crippen LogP contribution in [0, 0.1) is 5.82 Å². The minimum absolute atomic E-state index is 0.120. The molecular weight excluding hydrogens is 365 g/mol. The Morgan fingerprint density at radius 3 is 2.43 bits per heavy atom. The van der Waals surface area contributed by atoms with Crippen LogP contribution in [-0.4, -0.2) is 19.1 Å². The number of rotatable bonds is 6. The third-order valence-corrected chi connectivity index (χ3v) is 3.68. The number of nitrogens with one attached hydrogen (secondary N) is 1. The Hall–Kier alpha value is -2.08. The summed E-state index contributed by atoms with van der Waals surface area (Å²) in [5, 5.41) is 2.55. The molecule has 0 aromatic heterocycles. The second-order valence-corrected chi connectivity index (χ2v) is 5.72. The standard InChI is InChI=1S/C17H17BrFNO3/c1-3-16(23-13-7-5-12(22-2)6-8-13)17(21)20-15-9-4-11(18)10-14(15)19/h4-10,16H,3H2,1-2H3,(H,20,21)/t16-/m0/s1. The number of amides is 1. The Kier molecular flexibility index (Phi) is 5.98. The van der Waals surface area contributed by atoms with Gasteiger partial charge in [-0.1, -0.05) is 22.9 Å². The number of carbonyl (C=O) groups is 1. The van der Waals surface area contributed by atoms with Gasteiger partial charge in [0, 0.05) is 4.47 Å². The molecular formula is C17H17BrFNO3. The number of benzene rings is 2. The molecule has 0 aliphatic carbocycles. The molecule has 0 bridgehead atoms. The van der Waals surface area contributed by atoms with Gasteiger partial charge in [0.1, 0.15) is 17.3 Å².